The first-order chi connectivity index (χ1) is 13.1. The monoisotopic (exact) mass is 363 g/mol. The van der Waals surface area contributed by atoms with E-state index in [1.165, 1.54) is 0 Å². The van der Waals surface area contributed by atoms with Crippen LogP contribution in [-0.2, 0) is 9.59 Å². The van der Waals surface area contributed by atoms with Gasteiger partial charge >= 0.3 is 5.97 Å². The predicted octanol–water partition coefficient (Wildman–Crippen LogP) is 3.60. The Morgan fingerprint density at radius 2 is 1.48 bits per heavy atom. The second-order valence-electron chi connectivity index (χ2n) is 7.45. The summed E-state index contributed by atoms with van der Waals surface area (Å²) in [6.07, 6.45) is 2.59. The molecule has 138 valence electrons. The average Bonchev–Trinajstić information content (AvgIpc) is 3.30. The Hall–Kier alpha value is -2.95. The Morgan fingerprint density at radius 3 is 2.19 bits per heavy atom. The molecule has 2 fully saturated rings. The van der Waals surface area contributed by atoms with E-state index in [4.69, 9.17) is 0 Å². The number of aliphatic carboxylic acids is 1. The lowest BCUT2D eigenvalue weighted by atomic mass is 9.78. The molecular formula is C22H21NO4. The van der Waals surface area contributed by atoms with Crippen molar-refractivity contribution in [3.05, 3.63) is 65.7 Å². The second-order valence-corrected chi connectivity index (χ2v) is 7.45. The molecule has 2 bridgehead atoms. The van der Waals surface area contributed by atoms with Gasteiger partial charge in [-0.1, -0.05) is 42.5 Å². The van der Waals surface area contributed by atoms with Gasteiger partial charge in [0.25, 0.3) is 0 Å². The maximum absolute atomic E-state index is 12.9. The number of rotatable bonds is 5. The third-order valence-electron chi connectivity index (χ3n) is 5.97. The SMILES string of the molecule is O=C(c1ccccc1)c1ccccc1NC(=O)[C@H]1[C@H]2CC[C@@H](C2)[C@@H]1C(=O)O. The van der Waals surface area contributed by atoms with Crippen LogP contribution in [0.4, 0.5) is 5.69 Å². The zero-order valence-electron chi connectivity index (χ0n) is 14.8. The van der Waals surface area contributed by atoms with Gasteiger partial charge in [0, 0.05) is 11.1 Å². The molecule has 2 saturated carbocycles. The number of benzene rings is 2. The summed E-state index contributed by atoms with van der Waals surface area (Å²) in [5, 5.41) is 12.4. The standard InChI is InChI=1S/C22H21NO4/c24-20(13-6-2-1-3-7-13)16-8-4-5-9-17(16)23-21(25)18-14-10-11-15(12-14)19(18)22(26)27/h1-9,14-15,18-19H,10-12H2,(H,23,25)(H,26,27)/t14-,15-,18-,19-/m0/s1. The van der Waals surface area contributed by atoms with Crippen LogP contribution in [0.2, 0.25) is 0 Å². The van der Waals surface area contributed by atoms with Crippen molar-refractivity contribution in [3.63, 3.8) is 0 Å². The molecule has 4 rings (SSSR count). The van der Waals surface area contributed by atoms with Crippen LogP contribution in [0, 0.1) is 23.7 Å². The number of carbonyl (C=O) groups excluding carboxylic acids is 2. The largest absolute Gasteiger partial charge is 0.481 e. The molecule has 2 N–H and O–H groups in total. The molecule has 2 aromatic carbocycles. The van der Waals surface area contributed by atoms with E-state index in [0.29, 0.717) is 16.8 Å². The van der Waals surface area contributed by atoms with Gasteiger partial charge in [-0.15, -0.1) is 0 Å². The molecular weight excluding hydrogens is 342 g/mol. The molecule has 0 radical (unpaired) electrons. The first-order valence-corrected chi connectivity index (χ1v) is 9.28. The Balaban J connectivity index is 1.59. The molecule has 0 heterocycles. The van der Waals surface area contributed by atoms with Gasteiger partial charge in [0.05, 0.1) is 17.5 Å². The van der Waals surface area contributed by atoms with Crippen molar-refractivity contribution >= 4 is 23.3 Å². The van der Waals surface area contributed by atoms with Crippen molar-refractivity contribution in [1.29, 1.82) is 0 Å². The topological polar surface area (TPSA) is 83.5 Å². The Kier molecular flexibility index (Phi) is 4.52. The Labute approximate surface area is 157 Å². The molecule has 0 aromatic heterocycles. The smallest absolute Gasteiger partial charge is 0.307 e. The van der Waals surface area contributed by atoms with Crippen LogP contribution < -0.4 is 5.32 Å². The molecule has 0 spiro atoms. The van der Waals surface area contributed by atoms with Gasteiger partial charge in [0.15, 0.2) is 5.78 Å². The fourth-order valence-electron chi connectivity index (χ4n) is 4.78. The van der Waals surface area contributed by atoms with Crippen LogP contribution in [0.1, 0.15) is 35.2 Å². The minimum atomic E-state index is -0.893. The predicted molar refractivity (Wildman–Crippen MR) is 100 cm³/mol. The average molecular weight is 363 g/mol. The van der Waals surface area contributed by atoms with Gasteiger partial charge in [-0.05, 0) is 43.2 Å². The van der Waals surface area contributed by atoms with Crippen molar-refractivity contribution in [3.8, 4) is 0 Å². The zero-order chi connectivity index (χ0) is 19.0. The number of para-hydroxylation sites is 1. The number of ketones is 1. The minimum absolute atomic E-state index is 0.0874. The van der Waals surface area contributed by atoms with Crippen LogP contribution in [0.3, 0.4) is 0 Å². The number of amides is 1. The summed E-state index contributed by atoms with van der Waals surface area (Å²) in [5.74, 6) is -2.30. The highest BCUT2D eigenvalue weighted by Crippen LogP contribution is 2.52. The van der Waals surface area contributed by atoms with Crippen LogP contribution in [-0.4, -0.2) is 22.8 Å². The second kappa shape index (κ2) is 6.99. The first-order valence-electron chi connectivity index (χ1n) is 9.28. The van der Waals surface area contributed by atoms with E-state index >= 15 is 0 Å². The summed E-state index contributed by atoms with van der Waals surface area (Å²) in [6.45, 7) is 0. The summed E-state index contributed by atoms with van der Waals surface area (Å²) < 4.78 is 0. The number of hydrogen-bond acceptors (Lipinski definition) is 3. The highest BCUT2D eigenvalue weighted by Gasteiger charge is 2.54. The summed E-state index contributed by atoms with van der Waals surface area (Å²) in [5.41, 5.74) is 1.39. The molecule has 1 amide bonds. The maximum Gasteiger partial charge on any atom is 0.307 e. The number of hydrogen-bond donors (Lipinski definition) is 2. The van der Waals surface area contributed by atoms with Gasteiger partial charge < -0.3 is 10.4 Å². The van der Waals surface area contributed by atoms with Crippen LogP contribution >= 0.6 is 0 Å². The molecule has 0 aliphatic heterocycles. The van der Waals surface area contributed by atoms with Crippen molar-refractivity contribution in [2.75, 3.05) is 5.32 Å². The number of carboxylic acid groups (broad SMARTS) is 1. The molecule has 0 unspecified atom stereocenters. The van der Waals surface area contributed by atoms with Crippen molar-refractivity contribution in [2.45, 2.75) is 19.3 Å². The summed E-state index contributed by atoms with van der Waals surface area (Å²) in [4.78, 5) is 37.5. The van der Waals surface area contributed by atoms with Gasteiger partial charge in [0.1, 0.15) is 0 Å². The van der Waals surface area contributed by atoms with E-state index in [2.05, 4.69) is 5.32 Å². The normalized spacial score (nSPS) is 25.9. The molecule has 0 saturated heterocycles. The fourth-order valence-corrected chi connectivity index (χ4v) is 4.78. The van der Waals surface area contributed by atoms with Gasteiger partial charge in [-0.25, -0.2) is 0 Å². The Morgan fingerprint density at radius 1 is 0.852 bits per heavy atom. The third-order valence-corrected chi connectivity index (χ3v) is 5.97. The summed E-state index contributed by atoms with van der Waals surface area (Å²) in [6, 6.07) is 15.8. The minimum Gasteiger partial charge on any atom is -0.481 e. The first kappa shape index (κ1) is 17.5. The quantitative estimate of drug-likeness (QED) is 0.795. The lowest BCUT2D eigenvalue weighted by Gasteiger charge is -2.27. The highest BCUT2D eigenvalue weighted by molar-refractivity contribution is 6.14. The summed E-state index contributed by atoms with van der Waals surface area (Å²) in [7, 11) is 0. The summed E-state index contributed by atoms with van der Waals surface area (Å²) >= 11 is 0. The molecule has 2 aliphatic carbocycles. The number of carboxylic acids is 1. The van der Waals surface area contributed by atoms with E-state index in [0.717, 1.165) is 19.3 Å². The van der Waals surface area contributed by atoms with E-state index in [1.807, 2.05) is 6.07 Å². The van der Waals surface area contributed by atoms with E-state index < -0.39 is 17.8 Å². The number of nitrogens with one attached hydrogen (secondary N) is 1. The molecule has 27 heavy (non-hydrogen) atoms. The number of carbonyl (C=O) groups is 3. The van der Waals surface area contributed by atoms with Crippen LogP contribution in [0.15, 0.2) is 54.6 Å². The highest BCUT2D eigenvalue weighted by atomic mass is 16.4. The van der Waals surface area contributed by atoms with Crippen molar-refractivity contribution in [2.24, 2.45) is 23.7 Å². The fraction of sp³-hybridized carbons (Fsp3) is 0.318. The van der Waals surface area contributed by atoms with Gasteiger partial charge in [-0.2, -0.15) is 0 Å². The lowest BCUT2D eigenvalue weighted by Crippen LogP contribution is -2.38. The molecule has 5 heteroatoms. The Bertz CT molecular complexity index is 892. The molecule has 2 aliphatic rings. The molecule has 5 nitrogen and oxygen atoms in total. The van der Waals surface area contributed by atoms with E-state index in [9.17, 15) is 19.5 Å². The number of fused-ring (bicyclic) bond motifs is 2. The van der Waals surface area contributed by atoms with E-state index in [-0.39, 0.29) is 23.5 Å². The van der Waals surface area contributed by atoms with Crippen molar-refractivity contribution in [1.82, 2.24) is 0 Å². The van der Waals surface area contributed by atoms with E-state index in [1.54, 1.807) is 48.5 Å². The van der Waals surface area contributed by atoms with Gasteiger partial charge in [0.2, 0.25) is 5.91 Å². The van der Waals surface area contributed by atoms with Gasteiger partial charge in [-0.3, -0.25) is 14.4 Å². The van der Waals surface area contributed by atoms with Crippen LogP contribution in [0.25, 0.3) is 0 Å². The molecule has 2 aromatic rings. The maximum atomic E-state index is 12.9. The third kappa shape index (κ3) is 3.14. The zero-order valence-corrected chi connectivity index (χ0v) is 14.8. The molecule has 4 atom stereocenters. The van der Waals surface area contributed by atoms with Crippen molar-refractivity contribution < 1.29 is 19.5 Å². The van der Waals surface area contributed by atoms with Crippen LogP contribution in [0.5, 0.6) is 0 Å². The lowest BCUT2D eigenvalue weighted by molar-refractivity contribution is -0.148. The number of anilines is 1.